The second-order valence-corrected chi connectivity index (χ2v) is 6.30. The fourth-order valence-electron chi connectivity index (χ4n) is 2.93. The van der Waals surface area contributed by atoms with Gasteiger partial charge in [-0.25, -0.2) is 0 Å². The van der Waals surface area contributed by atoms with Crippen LogP contribution in [-0.2, 0) is 13.0 Å². The van der Waals surface area contributed by atoms with Crippen LogP contribution >= 0.6 is 0 Å². The summed E-state index contributed by atoms with van der Waals surface area (Å²) in [6, 6.07) is 16.8. The Hall–Kier alpha value is -3.61. The molecular formula is C21H20N4O3. The standard InChI is InChI=1S/C21H20N4O3/c1-3-14-9-10-17(18(11-14)27-2)28-13-16-12-19(26)25-21(22-16)23-20(24-25)15-7-5-4-6-8-15/h4-12H,3,13H2,1-2H3,(H,22,23,24). The Labute approximate surface area is 161 Å². The largest absolute Gasteiger partial charge is 0.493 e. The number of hydrogen-bond donors (Lipinski definition) is 1. The molecule has 0 aliphatic carbocycles. The molecule has 0 amide bonds. The number of ether oxygens (including phenoxy) is 2. The fourth-order valence-corrected chi connectivity index (χ4v) is 2.93. The first kappa shape index (κ1) is 17.8. The normalized spacial score (nSPS) is 10.9. The minimum atomic E-state index is -0.268. The molecule has 2 aromatic heterocycles. The van der Waals surface area contributed by atoms with Crippen molar-refractivity contribution >= 4 is 5.78 Å². The smallest absolute Gasteiger partial charge is 0.276 e. The lowest BCUT2D eigenvalue weighted by molar-refractivity contribution is 0.280. The van der Waals surface area contributed by atoms with E-state index < -0.39 is 0 Å². The lowest BCUT2D eigenvalue weighted by atomic mass is 10.1. The van der Waals surface area contributed by atoms with Crippen molar-refractivity contribution in [2.45, 2.75) is 20.0 Å². The zero-order valence-electron chi connectivity index (χ0n) is 15.7. The third-order valence-corrected chi connectivity index (χ3v) is 4.44. The number of aromatic nitrogens is 4. The number of rotatable bonds is 6. The van der Waals surface area contributed by atoms with Crippen LogP contribution in [0, 0.1) is 0 Å². The van der Waals surface area contributed by atoms with Crippen molar-refractivity contribution in [3.63, 3.8) is 0 Å². The molecule has 1 N–H and O–H groups in total. The molecule has 0 aliphatic rings. The number of methoxy groups -OCH3 is 1. The summed E-state index contributed by atoms with van der Waals surface area (Å²) in [6.45, 7) is 2.26. The van der Waals surface area contributed by atoms with Crippen molar-refractivity contribution in [2.75, 3.05) is 7.11 Å². The number of aromatic amines is 1. The van der Waals surface area contributed by atoms with Crippen molar-refractivity contribution in [2.24, 2.45) is 0 Å². The average Bonchev–Trinajstić information content (AvgIpc) is 3.17. The van der Waals surface area contributed by atoms with Crippen LogP contribution in [0.4, 0.5) is 0 Å². The van der Waals surface area contributed by atoms with Gasteiger partial charge in [0.2, 0.25) is 5.78 Å². The molecule has 0 spiro atoms. The van der Waals surface area contributed by atoms with Gasteiger partial charge in [0, 0.05) is 11.6 Å². The fraction of sp³-hybridized carbons (Fsp3) is 0.190. The second-order valence-electron chi connectivity index (χ2n) is 6.30. The van der Waals surface area contributed by atoms with E-state index in [1.165, 1.54) is 10.6 Å². The minimum Gasteiger partial charge on any atom is -0.493 e. The summed E-state index contributed by atoms with van der Waals surface area (Å²) in [5.41, 5.74) is 2.34. The van der Waals surface area contributed by atoms with Gasteiger partial charge in [-0.1, -0.05) is 43.3 Å². The third kappa shape index (κ3) is 3.46. The molecule has 0 unspecified atom stereocenters. The summed E-state index contributed by atoms with van der Waals surface area (Å²) in [7, 11) is 1.61. The van der Waals surface area contributed by atoms with Crippen molar-refractivity contribution in [1.29, 1.82) is 0 Å². The first-order valence-electron chi connectivity index (χ1n) is 9.02. The Bertz CT molecular complexity index is 1170. The van der Waals surface area contributed by atoms with E-state index in [0.29, 0.717) is 28.8 Å². The summed E-state index contributed by atoms with van der Waals surface area (Å²) in [6.07, 6.45) is 0.914. The highest BCUT2D eigenvalue weighted by molar-refractivity contribution is 5.56. The summed E-state index contributed by atoms with van der Waals surface area (Å²) >= 11 is 0. The van der Waals surface area contributed by atoms with E-state index >= 15 is 0 Å². The quantitative estimate of drug-likeness (QED) is 0.559. The van der Waals surface area contributed by atoms with E-state index in [0.717, 1.165) is 17.5 Å². The third-order valence-electron chi connectivity index (χ3n) is 4.44. The molecule has 2 aromatic carbocycles. The number of benzene rings is 2. The molecule has 142 valence electrons. The maximum atomic E-state index is 12.4. The minimum absolute atomic E-state index is 0.182. The Morgan fingerprint density at radius 2 is 1.89 bits per heavy atom. The van der Waals surface area contributed by atoms with Gasteiger partial charge < -0.3 is 14.5 Å². The van der Waals surface area contributed by atoms with Crippen molar-refractivity contribution in [3.05, 3.63) is 76.2 Å². The zero-order valence-corrected chi connectivity index (χ0v) is 15.7. The zero-order chi connectivity index (χ0) is 19.5. The monoisotopic (exact) mass is 376 g/mol. The van der Waals surface area contributed by atoms with Crippen LogP contribution in [0.25, 0.3) is 17.2 Å². The van der Waals surface area contributed by atoms with E-state index in [-0.39, 0.29) is 12.2 Å². The second kappa shape index (κ2) is 7.56. The molecule has 0 fully saturated rings. The van der Waals surface area contributed by atoms with E-state index in [1.54, 1.807) is 7.11 Å². The summed E-state index contributed by atoms with van der Waals surface area (Å²) in [5.74, 6) is 2.14. The molecule has 0 saturated carbocycles. The van der Waals surface area contributed by atoms with Gasteiger partial charge in [-0.2, -0.15) is 9.50 Å². The molecule has 0 atom stereocenters. The van der Waals surface area contributed by atoms with Gasteiger partial charge in [0.15, 0.2) is 17.3 Å². The Kier molecular flexibility index (Phi) is 4.80. The average molecular weight is 376 g/mol. The van der Waals surface area contributed by atoms with Crippen LogP contribution < -0.4 is 15.0 Å². The number of aryl methyl sites for hydroxylation is 1. The van der Waals surface area contributed by atoms with Crippen LogP contribution in [-0.4, -0.2) is 26.7 Å². The van der Waals surface area contributed by atoms with Gasteiger partial charge in [-0.15, -0.1) is 5.10 Å². The lowest BCUT2D eigenvalue weighted by Crippen LogP contribution is -2.16. The van der Waals surface area contributed by atoms with E-state index in [9.17, 15) is 4.79 Å². The van der Waals surface area contributed by atoms with Crippen molar-refractivity contribution in [3.8, 4) is 22.9 Å². The molecule has 4 rings (SSSR count). The highest BCUT2D eigenvalue weighted by atomic mass is 16.5. The number of H-pyrrole nitrogens is 1. The molecule has 7 nitrogen and oxygen atoms in total. The lowest BCUT2D eigenvalue weighted by Gasteiger charge is -2.11. The van der Waals surface area contributed by atoms with Crippen molar-refractivity contribution in [1.82, 2.24) is 19.6 Å². The summed E-state index contributed by atoms with van der Waals surface area (Å²) in [5, 5.41) is 4.29. The van der Waals surface area contributed by atoms with Crippen LogP contribution in [0.3, 0.4) is 0 Å². The molecule has 7 heteroatoms. The predicted molar refractivity (Wildman–Crippen MR) is 106 cm³/mol. The van der Waals surface area contributed by atoms with Crippen LogP contribution in [0.1, 0.15) is 18.2 Å². The van der Waals surface area contributed by atoms with Crippen molar-refractivity contribution < 1.29 is 9.47 Å². The van der Waals surface area contributed by atoms with E-state index in [2.05, 4.69) is 22.0 Å². The molecule has 2 heterocycles. The summed E-state index contributed by atoms with van der Waals surface area (Å²) in [4.78, 5) is 20.0. The first-order chi connectivity index (χ1) is 13.7. The molecule has 0 radical (unpaired) electrons. The van der Waals surface area contributed by atoms with Gasteiger partial charge in [0.25, 0.3) is 5.56 Å². The molecule has 0 bridgehead atoms. The van der Waals surface area contributed by atoms with Gasteiger partial charge in [-0.05, 0) is 24.1 Å². The highest BCUT2D eigenvalue weighted by Crippen LogP contribution is 2.28. The van der Waals surface area contributed by atoms with E-state index in [4.69, 9.17) is 9.47 Å². The maximum absolute atomic E-state index is 12.4. The Morgan fingerprint density at radius 3 is 2.64 bits per heavy atom. The van der Waals surface area contributed by atoms with Gasteiger partial charge in [-0.3, -0.25) is 4.79 Å². The first-order valence-corrected chi connectivity index (χ1v) is 9.02. The van der Waals surface area contributed by atoms with Gasteiger partial charge in [0.1, 0.15) is 6.61 Å². The number of hydrogen-bond acceptors (Lipinski definition) is 5. The number of nitrogens with zero attached hydrogens (tertiary/aromatic N) is 3. The van der Waals surface area contributed by atoms with E-state index in [1.807, 2.05) is 48.5 Å². The topological polar surface area (TPSA) is 81.5 Å². The van der Waals surface area contributed by atoms with Gasteiger partial charge in [0.05, 0.1) is 12.8 Å². The SMILES string of the molecule is CCc1ccc(OCc2cc(=O)n3nc(-c4ccccc4)nc3[nH]2)c(OC)c1. The molecule has 28 heavy (non-hydrogen) atoms. The summed E-state index contributed by atoms with van der Waals surface area (Å²) < 4.78 is 12.5. The van der Waals surface area contributed by atoms with Crippen LogP contribution in [0.2, 0.25) is 0 Å². The molecule has 0 aliphatic heterocycles. The highest BCUT2D eigenvalue weighted by Gasteiger charge is 2.11. The van der Waals surface area contributed by atoms with Gasteiger partial charge >= 0.3 is 0 Å². The number of fused-ring (bicyclic) bond motifs is 1. The van der Waals surface area contributed by atoms with Crippen LogP contribution in [0.15, 0.2) is 59.4 Å². The Morgan fingerprint density at radius 1 is 1.07 bits per heavy atom. The van der Waals surface area contributed by atoms with Crippen LogP contribution in [0.5, 0.6) is 11.5 Å². The molecule has 0 saturated heterocycles. The Balaban J connectivity index is 1.61. The predicted octanol–water partition coefficient (Wildman–Crippen LogP) is 3.23. The number of nitrogens with one attached hydrogen (secondary N) is 1. The maximum Gasteiger partial charge on any atom is 0.276 e. The molecule has 4 aromatic rings. The molecular weight excluding hydrogens is 356 g/mol.